The van der Waals surface area contributed by atoms with Crippen molar-refractivity contribution in [3.05, 3.63) is 0 Å². The molecule has 0 saturated carbocycles. The highest BCUT2D eigenvalue weighted by Gasteiger charge is 2.47. The smallest absolute Gasteiger partial charge is 0.305 e. The molecule has 120 valence electrons. The van der Waals surface area contributed by atoms with Crippen LogP contribution < -0.4 is 5.32 Å². The molecule has 0 aliphatic carbocycles. The van der Waals surface area contributed by atoms with E-state index in [4.69, 9.17) is 14.2 Å². The fourth-order valence-corrected chi connectivity index (χ4v) is 2.56. The van der Waals surface area contributed by atoms with Gasteiger partial charge >= 0.3 is 11.9 Å². The van der Waals surface area contributed by atoms with Crippen LogP contribution in [0.5, 0.6) is 0 Å². The molecule has 7 nitrogen and oxygen atoms in total. The Bertz CT molecular complexity index is 410. The minimum atomic E-state index is -0.975. The van der Waals surface area contributed by atoms with E-state index in [-0.39, 0.29) is 17.9 Å². The van der Waals surface area contributed by atoms with E-state index in [2.05, 4.69) is 5.32 Å². The lowest BCUT2D eigenvalue weighted by atomic mass is 9.87. The first-order valence-electron chi connectivity index (χ1n) is 7.03. The van der Waals surface area contributed by atoms with Crippen molar-refractivity contribution >= 4 is 17.8 Å². The van der Waals surface area contributed by atoms with Crippen LogP contribution in [0.2, 0.25) is 0 Å². The lowest BCUT2D eigenvalue weighted by Gasteiger charge is -2.44. The largest absolute Gasteiger partial charge is 0.460 e. The second kappa shape index (κ2) is 7.40. The zero-order chi connectivity index (χ0) is 16.2. The molecule has 1 amide bonds. The van der Waals surface area contributed by atoms with Gasteiger partial charge in [0, 0.05) is 26.7 Å². The summed E-state index contributed by atoms with van der Waals surface area (Å²) in [7, 11) is 0. The van der Waals surface area contributed by atoms with Crippen LogP contribution in [0.3, 0.4) is 0 Å². The van der Waals surface area contributed by atoms with Crippen LogP contribution in [0.4, 0.5) is 0 Å². The van der Waals surface area contributed by atoms with Crippen LogP contribution in [0.15, 0.2) is 0 Å². The molecular formula is C14H23NO6. The van der Waals surface area contributed by atoms with Crippen LogP contribution >= 0.6 is 0 Å². The van der Waals surface area contributed by atoms with Gasteiger partial charge in [0.05, 0.1) is 6.10 Å². The lowest BCUT2D eigenvalue weighted by molar-refractivity contribution is -0.246. The quantitative estimate of drug-likeness (QED) is 0.771. The van der Waals surface area contributed by atoms with Gasteiger partial charge in [-0.2, -0.15) is 0 Å². The molecule has 1 N–H and O–H groups in total. The normalized spacial score (nSPS) is 32.1. The third-order valence-electron chi connectivity index (χ3n) is 3.42. The SMILES string of the molecule is CC[C@H]1O[C@@H](OC(C)=O)[C@@H](NC(C)=O)[C@@H](OC(C)=O)[C@H]1C. The first-order chi connectivity index (χ1) is 9.76. The second-order valence-corrected chi connectivity index (χ2v) is 5.22. The first-order valence-corrected chi connectivity index (χ1v) is 7.03. The standard InChI is InChI=1S/C14H23NO6/c1-6-11-7(2)13(19-9(4)17)12(15-8(3)16)14(21-11)20-10(5)18/h7,11-14H,6H2,1-5H3,(H,15,16)/t7-,11+,12-,13-,14+/m0/s1. The molecule has 1 saturated heterocycles. The third-order valence-corrected chi connectivity index (χ3v) is 3.42. The Morgan fingerprint density at radius 1 is 1.10 bits per heavy atom. The van der Waals surface area contributed by atoms with Crippen molar-refractivity contribution in [2.75, 3.05) is 0 Å². The van der Waals surface area contributed by atoms with E-state index >= 15 is 0 Å². The number of hydrogen-bond donors (Lipinski definition) is 1. The highest BCUT2D eigenvalue weighted by atomic mass is 16.7. The van der Waals surface area contributed by atoms with Crippen LogP contribution in [-0.4, -0.2) is 42.4 Å². The second-order valence-electron chi connectivity index (χ2n) is 5.22. The van der Waals surface area contributed by atoms with Crippen molar-refractivity contribution in [2.45, 2.75) is 65.6 Å². The summed E-state index contributed by atoms with van der Waals surface area (Å²) >= 11 is 0. The summed E-state index contributed by atoms with van der Waals surface area (Å²) in [5, 5.41) is 2.65. The molecule has 7 heteroatoms. The number of carbonyl (C=O) groups excluding carboxylic acids is 3. The molecule has 1 aliphatic rings. The summed E-state index contributed by atoms with van der Waals surface area (Å²) in [6.07, 6.45) is -1.15. The maximum Gasteiger partial charge on any atom is 0.305 e. The maximum absolute atomic E-state index is 11.4. The molecule has 0 aromatic heterocycles. The van der Waals surface area contributed by atoms with Gasteiger partial charge in [-0.15, -0.1) is 0 Å². The highest BCUT2D eigenvalue weighted by Crippen LogP contribution is 2.30. The summed E-state index contributed by atoms with van der Waals surface area (Å²) in [4.78, 5) is 33.9. The topological polar surface area (TPSA) is 90.9 Å². The van der Waals surface area contributed by atoms with Gasteiger partial charge in [0.2, 0.25) is 12.2 Å². The van der Waals surface area contributed by atoms with Crippen molar-refractivity contribution in [1.29, 1.82) is 0 Å². The van der Waals surface area contributed by atoms with Crippen molar-refractivity contribution in [3.8, 4) is 0 Å². The van der Waals surface area contributed by atoms with Crippen molar-refractivity contribution in [2.24, 2.45) is 5.92 Å². The van der Waals surface area contributed by atoms with Crippen molar-refractivity contribution < 1.29 is 28.6 Å². The minimum Gasteiger partial charge on any atom is -0.460 e. The molecule has 1 heterocycles. The fraction of sp³-hybridized carbons (Fsp3) is 0.786. The predicted molar refractivity (Wildman–Crippen MR) is 73.0 cm³/mol. The number of ether oxygens (including phenoxy) is 3. The van der Waals surface area contributed by atoms with E-state index in [0.717, 1.165) is 0 Å². The molecule has 1 fully saturated rings. The van der Waals surface area contributed by atoms with Gasteiger partial charge < -0.3 is 19.5 Å². The molecular weight excluding hydrogens is 278 g/mol. The van der Waals surface area contributed by atoms with E-state index in [1.807, 2.05) is 13.8 Å². The average Bonchev–Trinajstić information content (AvgIpc) is 2.35. The number of esters is 2. The van der Waals surface area contributed by atoms with Gasteiger partial charge in [-0.25, -0.2) is 0 Å². The Morgan fingerprint density at radius 2 is 1.67 bits per heavy atom. The number of amides is 1. The van der Waals surface area contributed by atoms with Crippen LogP contribution in [0.1, 0.15) is 41.0 Å². The van der Waals surface area contributed by atoms with E-state index in [1.165, 1.54) is 20.8 Å². The maximum atomic E-state index is 11.4. The summed E-state index contributed by atoms with van der Waals surface area (Å²) < 4.78 is 16.2. The van der Waals surface area contributed by atoms with Gasteiger partial charge in [0.25, 0.3) is 0 Å². The van der Waals surface area contributed by atoms with Gasteiger partial charge in [-0.3, -0.25) is 14.4 Å². The Morgan fingerprint density at radius 3 is 2.10 bits per heavy atom. The van der Waals surface area contributed by atoms with Crippen LogP contribution in [-0.2, 0) is 28.6 Å². The lowest BCUT2D eigenvalue weighted by Crippen LogP contribution is -2.62. The molecule has 0 bridgehead atoms. The molecule has 0 aromatic rings. The molecule has 21 heavy (non-hydrogen) atoms. The number of nitrogens with one attached hydrogen (secondary N) is 1. The first kappa shape index (κ1) is 17.4. The van der Waals surface area contributed by atoms with E-state index in [0.29, 0.717) is 6.42 Å². The zero-order valence-corrected chi connectivity index (χ0v) is 13.0. The highest BCUT2D eigenvalue weighted by molar-refractivity contribution is 5.73. The van der Waals surface area contributed by atoms with E-state index in [1.54, 1.807) is 0 Å². The number of rotatable bonds is 4. The van der Waals surface area contributed by atoms with Gasteiger partial charge in [-0.1, -0.05) is 13.8 Å². The molecule has 1 aliphatic heterocycles. The molecule has 0 radical (unpaired) electrons. The number of carbonyl (C=O) groups is 3. The average molecular weight is 301 g/mol. The summed E-state index contributed by atoms with van der Waals surface area (Å²) in [5.74, 6) is -1.44. The predicted octanol–water partition coefficient (Wildman–Crippen LogP) is 0.757. The molecule has 0 unspecified atom stereocenters. The van der Waals surface area contributed by atoms with Crippen LogP contribution in [0, 0.1) is 5.92 Å². The fourth-order valence-electron chi connectivity index (χ4n) is 2.56. The monoisotopic (exact) mass is 301 g/mol. The Hall–Kier alpha value is -1.63. The van der Waals surface area contributed by atoms with Crippen molar-refractivity contribution in [3.63, 3.8) is 0 Å². The van der Waals surface area contributed by atoms with E-state index in [9.17, 15) is 14.4 Å². The Balaban J connectivity index is 3.05. The Kier molecular flexibility index (Phi) is 6.14. The Labute approximate surface area is 124 Å². The van der Waals surface area contributed by atoms with E-state index < -0.39 is 30.4 Å². The zero-order valence-electron chi connectivity index (χ0n) is 13.0. The summed E-state index contributed by atoms with van der Waals surface area (Å²) in [6, 6.07) is -0.729. The van der Waals surface area contributed by atoms with Gasteiger partial charge in [-0.05, 0) is 6.42 Å². The minimum absolute atomic E-state index is 0.137. The molecule has 0 aromatic carbocycles. The van der Waals surface area contributed by atoms with Gasteiger partial charge in [0.1, 0.15) is 12.1 Å². The van der Waals surface area contributed by atoms with Gasteiger partial charge in [0.15, 0.2) is 0 Å². The summed E-state index contributed by atoms with van der Waals surface area (Å²) in [6.45, 7) is 7.70. The summed E-state index contributed by atoms with van der Waals surface area (Å²) in [5.41, 5.74) is 0. The molecule has 1 rings (SSSR count). The van der Waals surface area contributed by atoms with Crippen molar-refractivity contribution in [1.82, 2.24) is 5.32 Å². The molecule has 5 atom stereocenters. The third kappa shape index (κ3) is 4.70. The number of hydrogen-bond acceptors (Lipinski definition) is 6. The molecule has 0 spiro atoms. The van der Waals surface area contributed by atoms with Crippen LogP contribution in [0.25, 0.3) is 0 Å².